The Bertz CT molecular complexity index is 867. The molecule has 0 radical (unpaired) electrons. The normalized spacial score (nSPS) is 13.6. The summed E-state index contributed by atoms with van der Waals surface area (Å²) >= 11 is 0. The molecule has 6 heteroatoms. The lowest BCUT2D eigenvalue weighted by Crippen LogP contribution is -2.02. The summed E-state index contributed by atoms with van der Waals surface area (Å²) in [4.78, 5) is 18.2. The molecular formula is C19H25O5P. The molecule has 0 heterocycles. The summed E-state index contributed by atoms with van der Waals surface area (Å²) in [5.74, 6) is 0.527. The molecule has 0 aliphatic rings. The molecule has 0 aliphatic carbocycles. The van der Waals surface area contributed by atoms with E-state index in [1.165, 1.54) is 0 Å². The van der Waals surface area contributed by atoms with Gasteiger partial charge in [0.05, 0.1) is 2.74 Å². The zero-order valence-corrected chi connectivity index (χ0v) is 15.7. The monoisotopic (exact) mass is 366 g/mol. The van der Waals surface area contributed by atoms with Crippen molar-refractivity contribution >= 4 is 7.60 Å². The molecule has 0 aromatic heterocycles. The quantitative estimate of drug-likeness (QED) is 0.666. The Balaban J connectivity index is 2.33. The molecule has 0 saturated carbocycles. The number of hydrogen-bond acceptors (Lipinski definition) is 3. The highest BCUT2D eigenvalue weighted by molar-refractivity contribution is 7.51. The van der Waals surface area contributed by atoms with Crippen LogP contribution in [0.5, 0.6) is 11.5 Å². The Kier molecular flexibility index (Phi) is 5.07. The summed E-state index contributed by atoms with van der Waals surface area (Å²) in [5.41, 5.74) is 4.57. The number of rotatable bonds is 6. The maximum atomic E-state index is 11.2. The molecule has 2 rings (SSSR count). The second kappa shape index (κ2) is 7.61. The van der Waals surface area contributed by atoms with E-state index in [2.05, 4.69) is 0 Å². The van der Waals surface area contributed by atoms with E-state index >= 15 is 0 Å². The van der Waals surface area contributed by atoms with Crippen LogP contribution in [0.1, 0.15) is 50.3 Å². The van der Waals surface area contributed by atoms with E-state index < -0.39 is 13.9 Å². The van der Waals surface area contributed by atoms with E-state index in [9.17, 15) is 9.67 Å². The van der Waals surface area contributed by atoms with Gasteiger partial charge >= 0.3 is 7.60 Å². The molecule has 0 bridgehead atoms. The van der Waals surface area contributed by atoms with Gasteiger partial charge in [-0.1, -0.05) is 26.0 Å². The predicted molar refractivity (Wildman–Crippen MR) is 98.5 cm³/mol. The van der Waals surface area contributed by atoms with Gasteiger partial charge in [-0.25, -0.2) is 0 Å². The third-order valence-corrected chi connectivity index (χ3v) is 4.38. The molecule has 0 saturated heterocycles. The van der Waals surface area contributed by atoms with Crippen molar-refractivity contribution in [2.45, 2.75) is 40.0 Å². The largest absolute Gasteiger partial charge is 0.508 e. The average molecular weight is 366 g/mol. The predicted octanol–water partition coefficient (Wildman–Crippen LogP) is 4.24. The van der Waals surface area contributed by atoms with Crippen molar-refractivity contribution < 1.29 is 26.9 Å². The van der Waals surface area contributed by atoms with E-state index in [0.29, 0.717) is 6.42 Å². The Morgan fingerprint density at radius 2 is 1.76 bits per heavy atom. The minimum atomic E-state index is -5.06. The van der Waals surface area contributed by atoms with E-state index in [0.717, 1.165) is 27.8 Å². The first-order valence-corrected chi connectivity index (χ1v) is 9.59. The van der Waals surface area contributed by atoms with Crippen LogP contribution in [0.4, 0.5) is 0 Å². The highest BCUT2D eigenvalue weighted by Gasteiger charge is 2.15. The molecule has 0 aliphatic heterocycles. The summed E-state index contributed by atoms with van der Waals surface area (Å²) in [7, 11) is -5.06. The lowest BCUT2D eigenvalue weighted by molar-refractivity contribution is 0.300. The molecule has 0 unspecified atom stereocenters. The van der Waals surface area contributed by atoms with Crippen LogP contribution in [-0.2, 0) is 11.0 Å². The van der Waals surface area contributed by atoms with Crippen LogP contribution in [0.2, 0.25) is 0 Å². The number of phenolic OH excluding ortho intramolecular Hbond substituents is 1. The van der Waals surface area contributed by atoms with Gasteiger partial charge in [-0.2, -0.15) is 0 Å². The number of phenols is 1. The van der Waals surface area contributed by atoms with Gasteiger partial charge in [0, 0.05) is 0 Å². The number of hydrogen-bond donors (Lipinski definition) is 3. The maximum absolute atomic E-state index is 11.2. The van der Waals surface area contributed by atoms with Gasteiger partial charge in [0.1, 0.15) is 11.5 Å². The smallest absolute Gasteiger partial charge is 0.362 e. The van der Waals surface area contributed by atoms with Crippen molar-refractivity contribution in [3.8, 4) is 11.5 Å². The fourth-order valence-electron chi connectivity index (χ4n) is 2.78. The fourth-order valence-corrected chi connectivity index (χ4v) is 3.01. The fraction of sp³-hybridized carbons (Fsp3) is 0.368. The molecule has 136 valence electrons. The van der Waals surface area contributed by atoms with Crippen molar-refractivity contribution in [3.63, 3.8) is 0 Å². The number of ether oxygens (including phenoxy) is 1. The van der Waals surface area contributed by atoms with Gasteiger partial charge in [0.2, 0.25) is 0 Å². The summed E-state index contributed by atoms with van der Waals surface area (Å²) in [5, 5.41) is 9.98. The van der Waals surface area contributed by atoms with Gasteiger partial charge in [-0.3, -0.25) is 4.57 Å². The number of aryl methyl sites for hydroxylation is 2. The van der Waals surface area contributed by atoms with Crippen molar-refractivity contribution in [1.29, 1.82) is 0 Å². The Labute approximate surface area is 151 Å². The van der Waals surface area contributed by atoms with Crippen LogP contribution in [-0.4, -0.2) is 21.2 Å². The molecule has 0 fully saturated rings. The van der Waals surface area contributed by atoms with Crippen LogP contribution >= 0.6 is 7.60 Å². The molecule has 0 amide bonds. The standard InChI is InChI=1S/C19H25O5P/c1-12(2)17-9-15(5-6-19(17)20)10-18-13(3)7-16(8-14(18)4)24-11-25(21,22)23/h5-9,12,20H,10-11H2,1-4H3,(H2,21,22,23)/i11D2. The molecule has 2 aromatic carbocycles. The molecule has 3 N–H and O–H groups in total. The lowest BCUT2D eigenvalue weighted by atomic mass is 9.93. The van der Waals surface area contributed by atoms with Crippen LogP contribution in [0.15, 0.2) is 30.3 Å². The molecule has 0 atom stereocenters. The van der Waals surface area contributed by atoms with Crippen LogP contribution in [0.25, 0.3) is 0 Å². The minimum Gasteiger partial charge on any atom is -0.508 e. The highest BCUT2D eigenvalue weighted by Crippen LogP contribution is 2.35. The van der Waals surface area contributed by atoms with Crippen molar-refractivity contribution in [1.82, 2.24) is 0 Å². The number of benzene rings is 2. The Morgan fingerprint density at radius 1 is 1.16 bits per heavy atom. The summed E-state index contributed by atoms with van der Waals surface area (Å²) in [6, 6.07) is 8.65. The zero-order chi connectivity index (χ0) is 20.6. The highest BCUT2D eigenvalue weighted by atomic mass is 31.2. The van der Waals surface area contributed by atoms with Gasteiger partial charge < -0.3 is 19.6 Å². The van der Waals surface area contributed by atoms with Gasteiger partial charge in [-0.15, -0.1) is 0 Å². The molecule has 5 nitrogen and oxygen atoms in total. The van der Waals surface area contributed by atoms with Gasteiger partial charge in [0.25, 0.3) is 0 Å². The number of aromatic hydroxyl groups is 1. The SMILES string of the molecule is [2H]C([2H])(Oc1cc(C)c(Cc2ccc(O)c(C(C)C)c2)c(C)c1)P(=O)(O)O. The molecular weight excluding hydrogens is 339 g/mol. The first-order valence-electron chi connectivity index (χ1n) is 8.98. The summed E-state index contributed by atoms with van der Waals surface area (Å²) in [6.07, 6.45) is -2.47. The summed E-state index contributed by atoms with van der Waals surface area (Å²) in [6.45, 7) is 7.70. The summed E-state index contributed by atoms with van der Waals surface area (Å²) < 4.78 is 31.0. The van der Waals surface area contributed by atoms with Crippen LogP contribution < -0.4 is 4.74 Å². The van der Waals surface area contributed by atoms with Crippen molar-refractivity contribution in [3.05, 3.63) is 58.1 Å². The second-order valence-corrected chi connectivity index (χ2v) is 7.77. The van der Waals surface area contributed by atoms with Crippen LogP contribution in [0, 0.1) is 13.8 Å². The first-order chi connectivity index (χ1) is 12.3. The third-order valence-electron chi connectivity index (χ3n) is 4.05. The van der Waals surface area contributed by atoms with Gasteiger partial charge in [0.15, 0.2) is 6.30 Å². The van der Waals surface area contributed by atoms with E-state index in [-0.39, 0.29) is 17.4 Å². The van der Waals surface area contributed by atoms with E-state index in [1.54, 1.807) is 18.2 Å². The molecule has 25 heavy (non-hydrogen) atoms. The van der Waals surface area contributed by atoms with E-state index in [4.69, 9.17) is 17.3 Å². The second-order valence-electron chi connectivity index (χ2n) is 6.50. The minimum absolute atomic E-state index is 0.0654. The van der Waals surface area contributed by atoms with Crippen molar-refractivity contribution in [2.75, 3.05) is 6.30 Å². The molecule has 2 aromatic rings. The van der Waals surface area contributed by atoms with E-state index in [1.807, 2.05) is 39.8 Å². The van der Waals surface area contributed by atoms with Gasteiger partial charge in [-0.05, 0) is 72.2 Å². The third kappa shape index (κ3) is 5.33. The van der Waals surface area contributed by atoms with Crippen molar-refractivity contribution in [2.24, 2.45) is 0 Å². The lowest BCUT2D eigenvalue weighted by Gasteiger charge is -2.15. The Morgan fingerprint density at radius 3 is 2.28 bits per heavy atom. The topological polar surface area (TPSA) is 87.0 Å². The first kappa shape index (κ1) is 16.6. The zero-order valence-electron chi connectivity index (χ0n) is 16.8. The average Bonchev–Trinajstić information content (AvgIpc) is 2.50. The maximum Gasteiger partial charge on any atom is 0.362 e. The molecule has 0 spiro atoms. The van der Waals surface area contributed by atoms with Crippen LogP contribution in [0.3, 0.4) is 0 Å². The Hall–Kier alpha value is -1.81.